The summed E-state index contributed by atoms with van der Waals surface area (Å²) in [6, 6.07) is 7.02. The third kappa shape index (κ3) is 5.35. The number of rotatable bonds is 9. The van der Waals surface area contributed by atoms with E-state index >= 15 is 0 Å². The quantitative estimate of drug-likeness (QED) is 0.235. The topological polar surface area (TPSA) is 185 Å². The summed E-state index contributed by atoms with van der Waals surface area (Å²) in [5.41, 5.74) is 9.94. The predicted molar refractivity (Wildman–Crippen MR) is 153 cm³/mol. The lowest BCUT2D eigenvalue weighted by Crippen LogP contribution is -2.44. The molecule has 4 heterocycles. The Balaban J connectivity index is 1.54. The molecular weight excluding hydrogens is 546 g/mol. The van der Waals surface area contributed by atoms with E-state index in [1.807, 2.05) is 45.0 Å². The molecule has 0 fully saturated rings. The molecule has 13 nitrogen and oxygen atoms in total. The Labute approximate surface area is 236 Å². The van der Waals surface area contributed by atoms with Crippen LogP contribution in [0.3, 0.4) is 0 Å². The van der Waals surface area contributed by atoms with Crippen molar-refractivity contribution < 1.29 is 18.3 Å². The molecule has 4 N–H and O–H groups in total. The van der Waals surface area contributed by atoms with Gasteiger partial charge in [-0.15, -0.1) is 10.2 Å². The molecule has 0 saturated heterocycles. The molecule has 0 radical (unpaired) electrons. The molecule has 14 heteroatoms. The van der Waals surface area contributed by atoms with Crippen molar-refractivity contribution in [1.82, 2.24) is 39.7 Å². The number of H-pyrrole nitrogens is 1. The molecule has 0 saturated carbocycles. The van der Waals surface area contributed by atoms with Crippen molar-refractivity contribution in [2.45, 2.75) is 57.2 Å². The smallest absolute Gasteiger partial charge is 0.292 e. The van der Waals surface area contributed by atoms with Crippen molar-refractivity contribution in [3.05, 3.63) is 60.1 Å². The first-order chi connectivity index (χ1) is 19.5. The van der Waals surface area contributed by atoms with Gasteiger partial charge in [-0.2, -0.15) is 9.61 Å². The number of nitrogens with zero attached hydrogens (tertiary/aromatic N) is 7. The van der Waals surface area contributed by atoms with E-state index in [1.54, 1.807) is 17.3 Å². The van der Waals surface area contributed by atoms with Crippen LogP contribution in [0.15, 0.2) is 47.9 Å². The summed E-state index contributed by atoms with van der Waals surface area (Å²) >= 11 is 0. The van der Waals surface area contributed by atoms with Crippen LogP contribution in [-0.2, 0) is 22.9 Å². The van der Waals surface area contributed by atoms with Gasteiger partial charge in [0.05, 0.1) is 24.0 Å². The molecule has 5 rings (SSSR count). The molecule has 5 aromatic rings. The largest absolute Gasteiger partial charge is 0.392 e. The molecule has 0 bridgehead atoms. The summed E-state index contributed by atoms with van der Waals surface area (Å²) in [5.74, 6) is -0.206. The Bertz CT molecular complexity index is 1850. The zero-order valence-corrected chi connectivity index (χ0v) is 23.9. The van der Waals surface area contributed by atoms with Gasteiger partial charge in [0.1, 0.15) is 17.0 Å². The Morgan fingerprint density at radius 1 is 1.20 bits per heavy atom. The lowest BCUT2D eigenvalue weighted by atomic mass is 10.1. The third-order valence-corrected chi connectivity index (χ3v) is 8.19. The summed E-state index contributed by atoms with van der Waals surface area (Å²) in [6.07, 6.45) is 6.35. The van der Waals surface area contributed by atoms with Crippen molar-refractivity contribution >= 4 is 38.1 Å². The number of fused-ring (bicyclic) bond motifs is 2. The second kappa shape index (κ2) is 10.9. The number of nitrogen functional groups attached to an aromatic ring is 1. The first-order valence-corrected chi connectivity index (χ1v) is 14.9. The minimum atomic E-state index is -3.77. The van der Waals surface area contributed by atoms with E-state index < -0.39 is 9.84 Å². The van der Waals surface area contributed by atoms with Crippen LogP contribution in [0, 0.1) is 0 Å². The second-order valence-corrected chi connectivity index (χ2v) is 12.2. The van der Waals surface area contributed by atoms with E-state index in [2.05, 4.69) is 25.3 Å². The number of anilines is 1. The minimum Gasteiger partial charge on any atom is -0.392 e. The molecule has 0 spiro atoms. The molecule has 0 aliphatic carbocycles. The maximum atomic E-state index is 13.1. The predicted octanol–water partition coefficient (Wildman–Crippen LogP) is 2.41. The van der Waals surface area contributed by atoms with Crippen LogP contribution in [-0.4, -0.2) is 77.4 Å². The SMILES string of the molecule is CC(C)N(C(=O)c1nnc[nH]1)[C@H](C)CCc1nc2c(-c3cnc4cc(CO)ccc4c3)cnn2c(N)c1S(C)(=O)=O. The number of nitrogens with two attached hydrogens (primary N) is 1. The monoisotopic (exact) mass is 577 g/mol. The number of aromatic amines is 1. The maximum Gasteiger partial charge on any atom is 0.292 e. The van der Waals surface area contributed by atoms with Gasteiger partial charge >= 0.3 is 0 Å². The number of aliphatic hydroxyl groups excluding tert-OH is 1. The molecule has 1 amide bonds. The maximum absolute atomic E-state index is 13.1. The highest BCUT2D eigenvalue weighted by molar-refractivity contribution is 7.91. The van der Waals surface area contributed by atoms with E-state index in [-0.39, 0.29) is 47.6 Å². The fourth-order valence-electron chi connectivity index (χ4n) is 5.10. The van der Waals surface area contributed by atoms with E-state index in [4.69, 9.17) is 10.7 Å². The highest BCUT2D eigenvalue weighted by Crippen LogP contribution is 2.31. The van der Waals surface area contributed by atoms with Crippen LogP contribution in [0.4, 0.5) is 5.82 Å². The highest BCUT2D eigenvalue weighted by atomic mass is 32.2. The molecular formula is C27H31N9O4S. The van der Waals surface area contributed by atoms with Crippen LogP contribution >= 0.6 is 0 Å². The van der Waals surface area contributed by atoms with Crippen molar-refractivity contribution in [2.24, 2.45) is 0 Å². The average molecular weight is 578 g/mol. The number of aromatic nitrogens is 7. The van der Waals surface area contributed by atoms with Crippen LogP contribution in [0.25, 0.3) is 27.7 Å². The number of carbonyl (C=O) groups excluding carboxylic acids is 1. The number of amides is 1. The van der Waals surface area contributed by atoms with Gasteiger partial charge in [0, 0.05) is 41.0 Å². The number of benzene rings is 1. The molecule has 0 aliphatic rings. The Kier molecular flexibility index (Phi) is 7.44. The van der Waals surface area contributed by atoms with Gasteiger partial charge < -0.3 is 20.7 Å². The number of nitrogens with one attached hydrogen (secondary N) is 1. The van der Waals surface area contributed by atoms with Crippen molar-refractivity contribution in [1.29, 1.82) is 0 Å². The molecule has 1 atom stereocenters. The second-order valence-electron chi connectivity index (χ2n) is 10.3. The minimum absolute atomic E-state index is 0.0359. The molecule has 0 unspecified atom stereocenters. The summed E-state index contributed by atoms with van der Waals surface area (Å²) < 4.78 is 27.1. The van der Waals surface area contributed by atoms with Crippen LogP contribution < -0.4 is 5.73 Å². The first-order valence-electron chi connectivity index (χ1n) is 13.0. The standard InChI is InChI=1S/C27H31N9O4S/c1-15(2)35(27(38)25-30-14-31-34-25)16(3)5-8-21-23(41(4,39)40)24(28)36-26(33-21)20(12-32-36)19-10-18-7-6-17(13-37)9-22(18)29-11-19/h6-7,9-12,14-16,37H,5,8,13,28H2,1-4H3,(H,30,31,34)/t16-/m1/s1. The number of aryl methyl sites for hydroxylation is 1. The number of hydrogen-bond acceptors (Lipinski definition) is 10. The van der Waals surface area contributed by atoms with Gasteiger partial charge in [0.2, 0.25) is 5.82 Å². The van der Waals surface area contributed by atoms with Crippen molar-refractivity contribution in [3.8, 4) is 11.1 Å². The first kappa shape index (κ1) is 28.1. The number of carbonyl (C=O) groups is 1. The van der Waals surface area contributed by atoms with Crippen molar-refractivity contribution in [3.63, 3.8) is 0 Å². The lowest BCUT2D eigenvalue weighted by molar-refractivity contribution is 0.0604. The number of hydrogen-bond donors (Lipinski definition) is 3. The fraction of sp³-hybridized carbons (Fsp3) is 0.333. The summed E-state index contributed by atoms with van der Waals surface area (Å²) in [6.45, 7) is 5.61. The molecule has 0 aliphatic heterocycles. The summed E-state index contributed by atoms with van der Waals surface area (Å²) in [5, 5.41) is 22.2. The van der Waals surface area contributed by atoms with Gasteiger partial charge in [0.15, 0.2) is 15.5 Å². The highest BCUT2D eigenvalue weighted by Gasteiger charge is 2.29. The van der Waals surface area contributed by atoms with Gasteiger partial charge in [-0.1, -0.05) is 12.1 Å². The van der Waals surface area contributed by atoms with E-state index in [9.17, 15) is 18.3 Å². The number of sulfone groups is 1. The average Bonchev–Trinajstić information content (AvgIpc) is 3.61. The van der Waals surface area contributed by atoms with E-state index in [1.165, 1.54) is 10.8 Å². The number of aliphatic hydroxyl groups is 1. The van der Waals surface area contributed by atoms with Gasteiger partial charge in [-0.05, 0) is 51.3 Å². The summed E-state index contributed by atoms with van der Waals surface area (Å²) in [4.78, 5) is 26.7. The summed E-state index contributed by atoms with van der Waals surface area (Å²) in [7, 11) is -3.77. The zero-order valence-electron chi connectivity index (χ0n) is 23.1. The molecule has 214 valence electrons. The van der Waals surface area contributed by atoms with Crippen LogP contribution in [0.2, 0.25) is 0 Å². The van der Waals surface area contributed by atoms with Gasteiger partial charge in [0.25, 0.3) is 5.91 Å². The Morgan fingerprint density at radius 3 is 2.63 bits per heavy atom. The lowest BCUT2D eigenvalue weighted by Gasteiger charge is -2.32. The Hall–Kier alpha value is -4.43. The normalized spacial score (nSPS) is 12.8. The zero-order chi connectivity index (χ0) is 29.5. The molecule has 41 heavy (non-hydrogen) atoms. The molecule has 1 aromatic carbocycles. The molecule has 4 aromatic heterocycles. The third-order valence-electron chi connectivity index (χ3n) is 7.00. The van der Waals surface area contributed by atoms with Crippen LogP contribution in [0.1, 0.15) is 49.1 Å². The van der Waals surface area contributed by atoms with E-state index in [0.717, 1.165) is 28.3 Å². The van der Waals surface area contributed by atoms with Gasteiger partial charge in [-0.3, -0.25) is 9.78 Å². The fourth-order valence-corrected chi connectivity index (χ4v) is 6.14. The van der Waals surface area contributed by atoms with E-state index in [0.29, 0.717) is 23.3 Å². The van der Waals surface area contributed by atoms with Gasteiger partial charge in [-0.25, -0.2) is 13.4 Å². The Morgan fingerprint density at radius 2 is 1.98 bits per heavy atom. The van der Waals surface area contributed by atoms with Crippen LogP contribution in [0.5, 0.6) is 0 Å². The number of pyridine rings is 1. The van der Waals surface area contributed by atoms with Crippen molar-refractivity contribution in [2.75, 3.05) is 12.0 Å².